The van der Waals surface area contributed by atoms with Gasteiger partial charge in [-0.05, 0) is 38.3 Å². The summed E-state index contributed by atoms with van der Waals surface area (Å²) >= 11 is 1.89. The van der Waals surface area contributed by atoms with Crippen molar-refractivity contribution in [1.82, 2.24) is 10.2 Å². The Bertz CT molecular complexity index is 185. The second kappa shape index (κ2) is 3.71. The van der Waals surface area contributed by atoms with Crippen molar-refractivity contribution >= 4 is 11.8 Å². The molecule has 1 unspecified atom stereocenters. The minimum Gasteiger partial charge on any atom is -0.375 e. The van der Waals surface area contributed by atoms with Crippen LogP contribution in [0, 0.1) is 0 Å². The highest BCUT2D eigenvalue weighted by Gasteiger charge is 2.16. The Hall–Kier alpha value is -0.150. The smallest absolute Gasteiger partial charge is 0.0733 e. The summed E-state index contributed by atoms with van der Waals surface area (Å²) < 4.78 is 0. The molecule has 1 fully saturated rings. The average Bonchev–Trinajstić information content (AvgIpc) is 2.63. The van der Waals surface area contributed by atoms with E-state index in [9.17, 15) is 0 Å². The van der Waals surface area contributed by atoms with Gasteiger partial charge in [-0.2, -0.15) is 0 Å². The molecule has 0 aliphatic carbocycles. The molecule has 2 aliphatic rings. The van der Waals surface area contributed by atoms with Crippen molar-refractivity contribution in [3.63, 3.8) is 0 Å². The third kappa shape index (κ3) is 1.96. The lowest BCUT2D eigenvalue weighted by molar-refractivity contribution is 0.361. The maximum absolute atomic E-state index is 3.46. The average molecular weight is 184 g/mol. The maximum Gasteiger partial charge on any atom is 0.0733 e. The van der Waals surface area contributed by atoms with Crippen molar-refractivity contribution in [1.29, 1.82) is 0 Å². The first-order valence-electron chi connectivity index (χ1n) is 4.68. The Morgan fingerprint density at radius 3 is 2.92 bits per heavy atom. The highest BCUT2D eigenvalue weighted by molar-refractivity contribution is 8.02. The summed E-state index contributed by atoms with van der Waals surface area (Å²) in [6.45, 7) is 5.92. The first-order valence-corrected chi connectivity index (χ1v) is 5.62. The van der Waals surface area contributed by atoms with Crippen LogP contribution in [-0.4, -0.2) is 29.9 Å². The van der Waals surface area contributed by atoms with Crippen LogP contribution in [0.4, 0.5) is 0 Å². The van der Waals surface area contributed by atoms with Gasteiger partial charge in [0.1, 0.15) is 0 Å². The molecule has 1 atom stereocenters. The van der Waals surface area contributed by atoms with E-state index >= 15 is 0 Å². The van der Waals surface area contributed by atoms with Crippen molar-refractivity contribution < 1.29 is 0 Å². The molecule has 1 saturated heterocycles. The molecule has 68 valence electrons. The molecule has 0 saturated carbocycles. The van der Waals surface area contributed by atoms with E-state index in [4.69, 9.17) is 0 Å². The van der Waals surface area contributed by atoms with Crippen molar-refractivity contribution in [2.75, 3.05) is 19.6 Å². The largest absolute Gasteiger partial charge is 0.375 e. The molecule has 0 aromatic rings. The molecule has 0 aromatic carbocycles. The SMILES string of the molecule is CC1NC(CN2CCCC2)=CS1. The zero-order valence-electron chi connectivity index (χ0n) is 7.55. The van der Waals surface area contributed by atoms with Gasteiger partial charge in [-0.1, -0.05) is 0 Å². The summed E-state index contributed by atoms with van der Waals surface area (Å²) in [6.07, 6.45) is 2.77. The number of likely N-dealkylation sites (tertiary alicyclic amines) is 1. The van der Waals surface area contributed by atoms with Crippen LogP contribution < -0.4 is 5.32 Å². The van der Waals surface area contributed by atoms with Gasteiger partial charge in [-0.3, -0.25) is 4.90 Å². The zero-order chi connectivity index (χ0) is 8.39. The highest BCUT2D eigenvalue weighted by Crippen LogP contribution is 2.21. The van der Waals surface area contributed by atoms with Crippen LogP contribution in [0.25, 0.3) is 0 Å². The van der Waals surface area contributed by atoms with Crippen LogP contribution >= 0.6 is 11.8 Å². The van der Waals surface area contributed by atoms with Crippen LogP contribution in [0.1, 0.15) is 19.8 Å². The molecule has 12 heavy (non-hydrogen) atoms. The molecule has 2 rings (SSSR count). The fourth-order valence-electron chi connectivity index (χ4n) is 1.78. The van der Waals surface area contributed by atoms with Crippen molar-refractivity contribution in [3.8, 4) is 0 Å². The molecule has 2 nitrogen and oxygen atoms in total. The van der Waals surface area contributed by atoms with Gasteiger partial charge in [0.05, 0.1) is 5.37 Å². The monoisotopic (exact) mass is 184 g/mol. The molecule has 0 radical (unpaired) electrons. The Kier molecular flexibility index (Phi) is 2.61. The van der Waals surface area contributed by atoms with Gasteiger partial charge >= 0.3 is 0 Å². The van der Waals surface area contributed by atoms with Crippen LogP contribution in [0.2, 0.25) is 0 Å². The van der Waals surface area contributed by atoms with Crippen LogP contribution in [0.3, 0.4) is 0 Å². The molecule has 0 spiro atoms. The van der Waals surface area contributed by atoms with E-state index in [1.165, 1.54) is 31.6 Å². The van der Waals surface area contributed by atoms with Crippen molar-refractivity contribution in [2.45, 2.75) is 25.1 Å². The van der Waals surface area contributed by atoms with Gasteiger partial charge in [-0.15, -0.1) is 11.8 Å². The standard InChI is InChI=1S/C9H16N2S/c1-8-10-9(7-12-8)6-11-4-2-3-5-11/h7-8,10H,2-6H2,1H3. The predicted octanol–water partition coefficient (Wildman–Crippen LogP) is 1.61. The number of rotatable bonds is 2. The predicted molar refractivity (Wildman–Crippen MR) is 53.9 cm³/mol. The molecule has 0 bridgehead atoms. The summed E-state index contributed by atoms with van der Waals surface area (Å²) in [5.74, 6) is 0. The van der Waals surface area contributed by atoms with Gasteiger partial charge in [0.25, 0.3) is 0 Å². The minimum atomic E-state index is 0.586. The topological polar surface area (TPSA) is 15.3 Å². The van der Waals surface area contributed by atoms with Gasteiger partial charge in [0.15, 0.2) is 0 Å². The molecule has 0 amide bonds. The fraction of sp³-hybridized carbons (Fsp3) is 0.778. The summed E-state index contributed by atoms with van der Waals surface area (Å²) in [6, 6.07) is 0. The quantitative estimate of drug-likeness (QED) is 0.702. The van der Waals surface area contributed by atoms with E-state index in [0.717, 1.165) is 6.54 Å². The Labute approximate surface area is 78.4 Å². The lowest BCUT2D eigenvalue weighted by Gasteiger charge is -2.16. The van der Waals surface area contributed by atoms with Gasteiger partial charge in [0.2, 0.25) is 0 Å². The van der Waals surface area contributed by atoms with Crippen LogP contribution in [0.15, 0.2) is 11.1 Å². The van der Waals surface area contributed by atoms with Crippen molar-refractivity contribution in [3.05, 3.63) is 11.1 Å². The van der Waals surface area contributed by atoms with Gasteiger partial charge in [-0.25, -0.2) is 0 Å². The molecular weight excluding hydrogens is 168 g/mol. The minimum absolute atomic E-state index is 0.586. The van der Waals surface area contributed by atoms with Crippen LogP contribution in [-0.2, 0) is 0 Å². The number of nitrogens with zero attached hydrogens (tertiary/aromatic N) is 1. The summed E-state index contributed by atoms with van der Waals surface area (Å²) in [7, 11) is 0. The fourth-order valence-corrected chi connectivity index (χ4v) is 2.51. The normalized spacial score (nSPS) is 30.4. The van der Waals surface area contributed by atoms with E-state index in [1.807, 2.05) is 11.8 Å². The number of nitrogens with one attached hydrogen (secondary N) is 1. The second-order valence-corrected chi connectivity index (χ2v) is 4.76. The van der Waals surface area contributed by atoms with E-state index in [-0.39, 0.29) is 0 Å². The van der Waals surface area contributed by atoms with E-state index < -0.39 is 0 Å². The van der Waals surface area contributed by atoms with E-state index in [0.29, 0.717) is 5.37 Å². The number of hydrogen-bond acceptors (Lipinski definition) is 3. The lowest BCUT2D eigenvalue weighted by Crippen LogP contribution is -2.28. The first-order chi connectivity index (χ1) is 5.84. The molecule has 0 aromatic heterocycles. The van der Waals surface area contributed by atoms with E-state index in [1.54, 1.807) is 0 Å². The van der Waals surface area contributed by atoms with Crippen LogP contribution in [0.5, 0.6) is 0 Å². The lowest BCUT2D eigenvalue weighted by atomic mass is 10.4. The molecule has 3 heteroatoms. The third-order valence-corrected chi connectivity index (χ3v) is 3.34. The van der Waals surface area contributed by atoms with E-state index in [2.05, 4.69) is 22.5 Å². The number of thioether (sulfide) groups is 1. The maximum atomic E-state index is 3.46. The Morgan fingerprint density at radius 2 is 2.33 bits per heavy atom. The third-order valence-electron chi connectivity index (χ3n) is 2.40. The second-order valence-electron chi connectivity index (χ2n) is 3.55. The van der Waals surface area contributed by atoms with Gasteiger partial charge < -0.3 is 5.32 Å². The van der Waals surface area contributed by atoms with Crippen molar-refractivity contribution in [2.24, 2.45) is 0 Å². The highest BCUT2D eigenvalue weighted by atomic mass is 32.2. The summed E-state index contributed by atoms with van der Waals surface area (Å²) in [5.41, 5.74) is 1.41. The Morgan fingerprint density at radius 1 is 1.58 bits per heavy atom. The molecule has 2 heterocycles. The van der Waals surface area contributed by atoms with Gasteiger partial charge in [0, 0.05) is 12.2 Å². The first kappa shape index (κ1) is 8.45. The molecule has 2 aliphatic heterocycles. The Balaban J connectivity index is 1.79. The summed E-state index contributed by atoms with van der Waals surface area (Å²) in [5, 5.41) is 6.32. The molecular formula is C9H16N2S. The number of hydrogen-bond donors (Lipinski definition) is 1. The zero-order valence-corrected chi connectivity index (χ0v) is 8.36. The summed E-state index contributed by atoms with van der Waals surface area (Å²) in [4.78, 5) is 2.53. The molecule has 1 N–H and O–H groups in total.